The third-order valence-corrected chi connectivity index (χ3v) is 3.38. The Morgan fingerprint density at radius 1 is 1.17 bits per heavy atom. The first-order valence-corrected chi connectivity index (χ1v) is 6.90. The van der Waals surface area contributed by atoms with E-state index in [2.05, 4.69) is 10.1 Å². The summed E-state index contributed by atoms with van der Waals surface area (Å²) in [5.74, 6) is -0.768. The van der Waals surface area contributed by atoms with E-state index in [1.54, 1.807) is 37.3 Å². The number of nitrogens with zero attached hydrogens (tertiary/aromatic N) is 3. The summed E-state index contributed by atoms with van der Waals surface area (Å²) in [6.07, 6.45) is 1.48. The summed E-state index contributed by atoms with van der Waals surface area (Å²) in [4.78, 5) is 27.5. The van der Waals surface area contributed by atoms with Gasteiger partial charge in [0.2, 0.25) is 0 Å². The van der Waals surface area contributed by atoms with Crippen molar-refractivity contribution >= 4 is 23.1 Å². The molecule has 0 N–H and O–H groups in total. The maximum Gasteiger partial charge on any atom is 0.282 e. The van der Waals surface area contributed by atoms with Crippen LogP contribution in [0.3, 0.4) is 0 Å². The first-order chi connectivity index (χ1) is 11.1. The lowest BCUT2D eigenvalue weighted by Crippen LogP contribution is -2.22. The molecule has 0 amide bonds. The Hall–Kier alpha value is -3.28. The molecule has 2 aromatic carbocycles. The van der Waals surface area contributed by atoms with Crippen LogP contribution in [0.4, 0.5) is 0 Å². The average Bonchev–Trinajstić information content (AvgIpc) is 2.55. The molecule has 0 atom stereocenters. The third-order valence-electron chi connectivity index (χ3n) is 3.38. The number of carbonyl (C=O) groups excluding carboxylic acids is 1. The summed E-state index contributed by atoms with van der Waals surface area (Å²) < 4.78 is 1.22. The number of aromatic carboxylic acids is 1. The van der Waals surface area contributed by atoms with Crippen LogP contribution in [0.2, 0.25) is 0 Å². The Morgan fingerprint density at radius 3 is 2.57 bits per heavy atom. The molecular weight excluding hydrogens is 294 g/mol. The van der Waals surface area contributed by atoms with E-state index in [0.717, 1.165) is 0 Å². The van der Waals surface area contributed by atoms with Crippen LogP contribution in [0.15, 0.2) is 58.4 Å². The molecule has 114 valence electrons. The first-order valence-electron chi connectivity index (χ1n) is 6.90. The topological polar surface area (TPSA) is 87.4 Å². The van der Waals surface area contributed by atoms with Crippen LogP contribution in [0.5, 0.6) is 0 Å². The Bertz CT molecular complexity index is 973. The molecule has 6 heteroatoms. The van der Waals surface area contributed by atoms with Crippen LogP contribution >= 0.6 is 0 Å². The molecule has 0 spiro atoms. The highest BCUT2D eigenvalue weighted by Crippen LogP contribution is 2.07. The number of hydrogen-bond acceptors (Lipinski definition) is 5. The minimum absolute atomic E-state index is 0.0860. The van der Waals surface area contributed by atoms with Gasteiger partial charge in [0.05, 0.1) is 23.1 Å². The Labute approximate surface area is 131 Å². The van der Waals surface area contributed by atoms with Crippen molar-refractivity contribution in [2.45, 2.75) is 6.92 Å². The summed E-state index contributed by atoms with van der Waals surface area (Å²) >= 11 is 0. The zero-order valence-electron chi connectivity index (χ0n) is 12.3. The van der Waals surface area contributed by atoms with Crippen LogP contribution in [0.25, 0.3) is 10.9 Å². The highest BCUT2D eigenvalue weighted by atomic mass is 16.4. The van der Waals surface area contributed by atoms with Crippen molar-refractivity contribution in [3.63, 3.8) is 0 Å². The van der Waals surface area contributed by atoms with Crippen molar-refractivity contribution in [2.75, 3.05) is 0 Å². The number of aryl methyl sites for hydroxylation is 1. The molecule has 1 aromatic heterocycles. The fraction of sp³-hybridized carbons (Fsp3) is 0.0588. The molecule has 0 radical (unpaired) electrons. The van der Waals surface area contributed by atoms with E-state index in [0.29, 0.717) is 22.3 Å². The van der Waals surface area contributed by atoms with Crippen molar-refractivity contribution in [3.05, 3.63) is 75.8 Å². The molecule has 0 unspecified atom stereocenters. The van der Waals surface area contributed by atoms with Crippen LogP contribution in [0, 0.1) is 6.92 Å². The van der Waals surface area contributed by atoms with Gasteiger partial charge in [0.25, 0.3) is 5.56 Å². The number of carboxylic acids is 1. The third kappa shape index (κ3) is 2.87. The average molecular weight is 306 g/mol. The van der Waals surface area contributed by atoms with E-state index in [1.165, 1.54) is 23.0 Å². The second kappa shape index (κ2) is 5.84. The van der Waals surface area contributed by atoms with Gasteiger partial charge >= 0.3 is 0 Å². The monoisotopic (exact) mass is 306 g/mol. The number of fused-ring (bicyclic) bond motifs is 1. The molecule has 0 saturated heterocycles. The van der Waals surface area contributed by atoms with E-state index in [9.17, 15) is 14.7 Å². The van der Waals surface area contributed by atoms with Gasteiger partial charge in [0.1, 0.15) is 5.82 Å². The number of rotatable bonds is 3. The number of aromatic nitrogens is 2. The maximum atomic E-state index is 12.4. The molecule has 0 bridgehead atoms. The van der Waals surface area contributed by atoms with E-state index in [-0.39, 0.29) is 11.1 Å². The van der Waals surface area contributed by atoms with Gasteiger partial charge in [-0.2, -0.15) is 9.78 Å². The predicted octanol–water partition coefficient (Wildman–Crippen LogP) is 0.951. The predicted molar refractivity (Wildman–Crippen MR) is 84.5 cm³/mol. The molecule has 0 aliphatic carbocycles. The van der Waals surface area contributed by atoms with Crippen LogP contribution in [0.1, 0.15) is 21.7 Å². The minimum atomic E-state index is -1.24. The first kappa shape index (κ1) is 14.6. The fourth-order valence-corrected chi connectivity index (χ4v) is 2.20. The molecule has 0 saturated carbocycles. The fourth-order valence-electron chi connectivity index (χ4n) is 2.20. The Balaban J connectivity index is 2.00. The normalized spacial score (nSPS) is 11.2. The molecule has 3 rings (SSSR count). The smallest absolute Gasteiger partial charge is 0.282 e. The second-order valence-electron chi connectivity index (χ2n) is 4.95. The molecule has 0 aliphatic heterocycles. The lowest BCUT2D eigenvalue weighted by atomic mass is 10.1. The van der Waals surface area contributed by atoms with Gasteiger partial charge in [-0.05, 0) is 30.2 Å². The number of carboxylic acid groups (broad SMARTS) is 1. The van der Waals surface area contributed by atoms with E-state index >= 15 is 0 Å². The largest absolute Gasteiger partial charge is 0.545 e. The van der Waals surface area contributed by atoms with Crippen molar-refractivity contribution in [1.82, 2.24) is 9.66 Å². The van der Waals surface area contributed by atoms with E-state index in [4.69, 9.17) is 0 Å². The van der Waals surface area contributed by atoms with Crippen molar-refractivity contribution in [3.8, 4) is 0 Å². The summed E-state index contributed by atoms with van der Waals surface area (Å²) in [7, 11) is 0. The number of hydrogen-bond donors (Lipinski definition) is 0. The number of carbonyl (C=O) groups is 1. The van der Waals surface area contributed by atoms with Gasteiger partial charge in [0, 0.05) is 0 Å². The maximum absolute atomic E-state index is 12.4. The standard InChI is InChI=1S/C17H13N3O3/c1-11-19-15-5-3-2-4-14(15)16(21)20(11)18-10-12-6-8-13(9-7-12)17(22)23/h2-10H,1H3,(H,22,23)/p-1. The van der Waals surface area contributed by atoms with E-state index in [1.807, 2.05) is 6.07 Å². The Kier molecular flexibility index (Phi) is 3.72. The van der Waals surface area contributed by atoms with Crippen molar-refractivity contribution in [2.24, 2.45) is 5.10 Å². The number of para-hydroxylation sites is 1. The van der Waals surface area contributed by atoms with Gasteiger partial charge in [-0.15, -0.1) is 0 Å². The van der Waals surface area contributed by atoms with Gasteiger partial charge in [-0.25, -0.2) is 4.98 Å². The van der Waals surface area contributed by atoms with Gasteiger partial charge in [-0.1, -0.05) is 36.4 Å². The second-order valence-corrected chi connectivity index (χ2v) is 4.95. The zero-order chi connectivity index (χ0) is 16.4. The minimum Gasteiger partial charge on any atom is -0.545 e. The molecule has 3 aromatic rings. The lowest BCUT2D eigenvalue weighted by Gasteiger charge is -2.05. The highest BCUT2D eigenvalue weighted by molar-refractivity contribution is 5.87. The summed E-state index contributed by atoms with van der Waals surface area (Å²) in [6.45, 7) is 1.70. The van der Waals surface area contributed by atoms with Crippen molar-refractivity contribution in [1.29, 1.82) is 0 Å². The van der Waals surface area contributed by atoms with Gasteiger partial charge < -0.3 is 9.90 Å². The highest BCUT2D eigenvalue weighted by Gasteiger charge is 2.06. The quantitative estimate of drug-likeness (QED) is 0.674. The van der Waals surface area contributed by atoms with Crippen LogP contribution in [-0.4, -0.2) is 21.8 Å². The van der Waals surface area contributed by atoms with Gasteiger partial charge in [-0.3, -0.25) is 4.79 Å². The van der Waals surface area contributed by atoms with Crippen molar-refractivity contribution < 1.29 is 9.90 Å². The van der Waals surface area contributed by atoms with E-state index < -0.39 is 5.97 Å². The van der Waals surface area contributed by atoms with Crippen LogP contribution in [-0.2, 0) is 0 Å². The molecular formula is C17H12N3O3-. The Morgan fingerprint density at radius 2 is 1.87 bits per heavy atom. The summed E-state index contributed by atoms with van der Waals surface area (Å²) in [6, 6.07) is 13.1. The summed E-state index contributed by atoms with van der Waals surface area (Å²) in [5.41, 5.74) is 1.12. The molecule has 1 heterocycles. The lowest BCUT2D eigenvalue weighted by molar-refractivity contribution is -0.255. The van der Waals surface area contributed by atoms with Gasteiger partial charge in [0.15, 0.2) is 0 Å². The molecule has 23 heavy (non-hydrogen) atoms. The van der Waals surface area contributed by atoms with Crippen LogP contribution < -0.4 is 10.7 Å². The molecule has 0 aliphatic rings. The number of benzene rings is 2. The zero-order valence-corrected chi connectivity index (χ0v) is 12.3. The molecule has 6 nitrogen and oxygen atoms in total. The SMILES string of the molecule is Cc1nc2ccccc2c(=O)n1N=Cc1ccc(C(=O)[O-])cc1. The molecule has 0 fully saturated rings. The summed E-state index contributed by atoms with van der Waals surface area (Å²) in [5, 5.41) is 15.3.